The highest BCUT2D eigenvalue weighted by molar-refractivity contribution is 6.01. The van der Waals surface area contributed by atoms with Gasteiger partial charge in [-0.2, -0.15) is 0 Å². The number of oxime groups is 1. The lowest BCUT2D eigenvalue weighted by Gasteiger charge is -2.29. The van der Waals surface area contributed by atoms with Gasteiger partial charge in [-0.1, -0.05) is 22.4 Å². The summed E-state index contributed by atoms with van der Waals surface area (Å²) in [4.78, 5) is 32.7. The minimum atomic E-state index is -0.410. The average molecular weight is 547 g/mol. The zero-order chi connectivity index (χ0) is 28.2. The van der Waals surface area contributed by atoms with E-state index in [-0.39, 0.29) is 25.0 Å². The molecule has 0 spiro atoms. The van der Waals surface area contributed by atoms with Crippen LogP contribution in [0.2, 0.25) is 0 Å². The van der Waals surface area contributed by atoms with Gasteiger partial charge in [0, 0.05) is 31.2 Å². The predicted molar refractivity (Wildman–Crippen MR) is 142 cm³/mol. The highest BCUT2D eigenvalue weighted by Gasteiger charge is 2.30. The van der Waals surface area contributed by atoms with Gasteiger partial charge in [-0.3, -0.25) is 4.79 Å². The van der Waals surface area contributed by atoms with Crippen LogP contribution in [0.25, 0.3) is 11.3 Å². The van der Waals surface area contributed by atoms with Gasteiger partial charge in [0.2, 0.25) is 11.8 Å². The molecule has 4 heterocycles. The second-order valence-corrected chi connectivity index (χ2v) is 9.14. The number of likely N-dealkylation sites (N-methyl/N-ethyl adjacent to an activating group) is 1. The minimum absolute atomic E-state index is 0.121. The van der Waals surface area contributed by atoms with Crippen molar-refractivity contribution in [2.24, 2.45) is 5.16 Å². The van der Waals surface area contributed by atoms with Crippen LogP contribution in [0.3, 0.4) is 0 Å². The van der Waals surface area contributed by atoms with Gasteiger partial charge in [0.15, 0.2) is 12.4 Å². The van der Waals surface area contributed by atoms with Crippen LogP contribution in [0.1, 0.15) is 34.3 Å². The summed E-state index contributed by atoms with van der Waals surface area (Å²) in [5.74, 6) is 0.127. The summed E-state index contributed by atoms with van der Waals surface area (Å²) in [6.07, 6.45) is 1.84. The van der Waals surface area contributed by atoms with E-state index >= 15 is 0 Å². The summed E-state index contributed by atoms with van der Waals surface area (Å²) in [6, 6.07) is 11.0. The lowest BCUT2D eigenvalue weighted by Crippen LogP contribution is -2.38. The maximum atomic E-state index is 14.4. The Hall–Kier alpha value is -5.07. The number of aromatic nitrogens is 4. The molecule has 40 heavy (non-hydrogen) atoms. The zero-order valence-electron chi connectivity index (χ0n) is 22.1. The second kappa shape index (κ2) is 11.4. The Morgan fingerprint density at radius 3 is 2.88 bits per heavy atom. The Balaban J connectivity index is 1.45. The maximum Gasteiger partial charge on any atom is 0.263 e. The highest BCUT2D eigenvalue weighted by atomic mass is 19.1. The number of nitrogens with one attached hydrogen (secondary N) is 1. The monoisotopic (exact) mass is 546 g/mol. The van der Waals surface area contributed by atoms with Gasteiger partial charge < -0.3 is 30.0 Å². The first-order chi connectivity index (χ1) is 19.3. The Labute approximate surface area is 229 Å². The molecule has 0 radical (unpaired) electrons. The lowest BCUT2D eigenvalue weighted by molar-refractivity contribution is -0.135. The van der Waals surface area contributed by atoms with Gasteiger partial charge in [-0.25, -0.2) is 19.3 Å². The van der Waals surface area contributed by atoms with Crippen molar-refractivity contribution < 1.29 is 23.3 Å². The number of amidine groups is 1. The van der Waals surface area contributed by atoms with Crippen LogP contribution in [-0.4, -0.2) is 57.5 Å². The van der Waals surface area contributed by atoms with E-state index in [4.69, 9.17) is 19.8 Å². The molecule has 1 aromatic carbocycles. The SMILES string of the molecule is COc1cccc(-c2cc(F)ccc2C2Cc3nc(N)nc(C)c3/C(=N/OCC(=O)N(C)Cc3ccon3)N2)n1. The smallest absolute Gasteiger partial charge is 0.263 e. The van der Waals surface area contributed by atoms with Crippen molar-refractivity contribution in [1.82, 2.24) is 30.3 Å². The number of aryl methyl sites for hydroxylation is 1. The summed E-state index contributed by atoms with van der Waals surface area (Å²) >= 11 is 0. The van der Waals surface area contributed by atoms with Crippen LogP contribution in [0, 0.1) is 12.7 Å². The van der Waals surface area contributed by atoms with E-state index in [1.54, 1.807) is 44.3 Å². The molecule has 1 aliphatic rings. The van der Waals surface area contributed by atoms with E-state index in [9.17, 15) is 9.18 Å². The van der Waals surface area contributed by atoms with E-state index in [1.165, 1.54) is 30.4 Å². The fraction of sp³-hybridized carbons (Fsp3) is 0.259. The number of benzene rings is 1. The molecule has 0 saturated carbocycles. The topological polar surface area (TPSA) is 154 Å². The van der Waals surface area contributed by atoms with Gasteiger partial charge in [-0.15, -0.1) is 0 Å². The number of hydrogen-bond acceptors (Lipinski definition) is 10. The van der Waals surface area contributed by atoms with Gasteiger partial charge >= 0.3 is 0 Å². The molecule has 0 saturated heterocycles. The van der Waals surface area contributed by atoms with Gasteiger partial charge in [0.05, 0.1) is 42.3 Å². The molecule has 3 aromatic heterocycles. The largest absolute Gasteiger partial charge is 0.481 e. The van der Waals surface area contributed by atoms with Crippen molar-refractivity contribution in [3.63, 3.8) is 0 Å². The zero-order valence-corrected chi connectivity index (χ0v) is 22.1. The molecular formula is C27H27FN8O4. The molecule has 1 amide bonds. The molecule has 3 N–H and O–H groups in total. The number of amides is 1. The first-order valence-corrected chi connectivity index (χ1v) is 12.4. The van der Waals surface area contributed by atoms with Gasteiger partial charge in [0.1, 0.15) is 17.8 Å². The summed E-state index contributed by atoms with van der Waals surface area (Å²) in [6.45, 7) is 1.73. The summed E-state index contributed by atoms with van der Waals surface area (Å²) in [5.41, 5.74) is 10.3. The molecular weight excluding hydrogens is 519 g/mol. The van der Waals surface area contributed by atoms with E-state index in [2.05, 4.69) is 30.6 Å². The number of methoxy groups -OCH3 is 1. The standard InChI is InChI=1S/C27H27FN8O4/c1-15-25-22(33-27(29)30-15)12-21(18-8-7-16(28)11-19(18)20-5-4-6-23(31-20)38-3)32-26(25)35-40-14-24(37)36(2)13-17-9-10-39-34-17/h4-11,21H,12-14H2,1-3H3,(H,32,35)(H2,29,30,33). The number of carbonyl (C=O) groups excluding carboxylic acids is 1. The number of halogens is 1. The molecule has 0 fully saturated rings. The molecule has 1 atom stereocenters. The normalized spacial score (nSPS) is 15.3. The van der Waals surface area contributed by atoms with Crippen LogP contribution >= 0.6 is 0 Å². The Morgan fingerprint density at radius 2 is 2.10 bits per heavy atom. The number of hydrogen-bond donors (Lipinski definition) is 2. The van der Waals surface area contributed by atoms with Crippen LogP contribution in [0.4, 0.5) is 10.3 Å². The molecule has 1 aliphatic heterocycles. The van der Waals surface area contributed by atoms with Crippen molar-refractivity contribution in [3.8, 4) is 17.1 Å². The number of anilines is 1. The first kappa shape index (κ1) is 26.5. The van der Waals surface area contributed by atoms with Crippen molar-refractivity contribution in [2.75, 3.05) is 26.5 Å². The van der Waals surface area contributed by atoms with Gasteiger partial charge in [0.25, 0.3) is 5.91 Å². The number of nitrogens with zero attached hydrogens (tertiary/aromatic N) is 6. The van der Waals surface area contributed by atoms with E-state index in [0.717, 1.165) is 5.56 Å². The molecule has 4 aromatic rings. The Kier molecular flexibility index (Phi) is 7.53. The number of fused-ring (bicyclic) bond motifs is 1. The van der Waals surface area contributed by atoms with Crippen LogP contribution in [-0.2, 0) is 22.6 Å². The molecule has 13 heteroatoms. The third-order valence-electron chi connectivity index (χ3n) is 6.39. The number of nitrogens with two attached hydrogens (primary N) is 1. The number of rotatable bonds is 8. The summed E-state index contributed by atoms with van der Waals surface area (Å²) in [7, 11) is 3.14. The van der Waals surface area contributed by atoms with Crippen molar-refractivity contribution in [2.45, 2.75) is 25.9 Å². The fourth-order valence-corrected chi connectivity index (χ4v) is 4.50. The van der Waals surface area contributed by atoms with Crippen LogP contribution in [0.15, 0.2) is 58.4 Å². The van der Waals surface area contributed by atoms with E-state index in [1.807, 2.05) is 0 Å². The number of pyridine rings is 1. The van der Waals surface area contributed by atoms with E-state index < -0.39 is 11.9 Å². The molecule has 206 valence electrons. The average Bonchev–Trinajstić information content (AvgIpc) is 3.45. The summed E-state index contributed by atoms with van der Waals surface area (Å²) in [5, 5.41) is 11.4. The summed E-state index contributed by atoms with van der Waals surface area (Å²) < 4.78 is 24.5. The number of ether oxygens (including phenoxy) is 1. The van der Waals surface area contributed by atoms with Gasteiger partial charge in [-0.05, 0) is 30.7 Å². The molecule has 12 nitrogen and oxygen atoms in total. The van der Waals surface area contributed by atoms with Crippen molar-refractivity contribution in [3.05, 3.63) is 82.8 Å². The first-order valence-electron chi connectivity index (χ1n) is 12.4. The minimum Gasteiger partial charge on any atom is -0.481 e. The van der Waals surface area contributed by atoms with Crippen LogP contribution < -0.4 is 15.8 Å². The quantitative estimate of drug-likeness (QED) is 0.315. The fourth-order valence-electron chi connectivity index (χ4n) is 4.50. The highest BCUT2D eigenvalue weighted by Crippen LogP contribution is 2.34. The Morgan fingerprint density at radius 1 is 1.25 bits per heavy atom. The number of carbonyl (C=O) groups is 1. The third kappa shape index (κ3) is 5.67. The Bertz CT molecular complexity index is 1560. The molecule has 1 unspecified atom stereocenters. The third-order valence-corrected chi connectivity index (χ3v) is 6.39. The van der Waals surface area contributed by atoms with Crippen molar-refractivity contribution >= 4 is 17.7 Å². The van der Waals surface area contributed by atoms with Crippen molar-refractivity contribution in [1.29, 1.82) is 0 Å². The maximum absolute atomic E-state index is 14.4. The number of nitrogen functional groups attached to an aromatic ring is 1. The van der Waals surface area contributed by atoms with E-state index in [0.29, 0.717) is 52.0 Å². The lowest BCUT2D eigenvalue weighted by atomic mass is 9.90. The predicted octanol–water partition coefficient (Wildman–Crippen LogP) is 2.79. The molecule has 5 rings (SSSR count). The van der Waals surface area contributed by atoms with Crippen LogP contribution in [0.5, 0.6) is 5.88 Å². The second-order valence-electron chi connectivity index (χ2n) is 9.14. The molecule has 0 bridgehead atoms. The molecule has 0 aliphatic carbocycles.